The maximum Gasteiger partial charge on any atom is 0.231 e. The summed E-state index contributed by atoms with van der Waals surface area (Å²) in [6.45, 7) is 0.308. The average molecular weight is 349 g/mol. The molecule has 0 saturated carbocycles. The number of anilines is 1. The molecule has 0 N–H and O–H groups in total. The molecule has 3 aromatic rings. The summed E-state index contributed by atoms with van der Waals surface area (Å²) in [4.78, 5) is 3.40. The number of pyridine rings is 1. The Labute approximate surface area is 150 Å². The van der Waals surface area contributed by atoms with Gasteiger partial charge in [-0.3, -0.25) is 0 Å². The fourth-order valence-electron chi connectivity index (χ4n) is 3.31. The van der Waals surface area contributed by atoms with E-state index >= 15 is 0 Å². The van der Waals surface area contributed by atoms with Crippen molar-refractivity contribution in [2.45, 2.75) is 4.90 Å². The number of nitrogens with zero attached hydrogens (tertiary/aromatic N) is 2. The van der Waals surface area contributed by atoms with E-state index in [0.717, 1.165) is 17.2 Å². The molecule has 0 unspecified atom stereocenters. The highest BCUT2D eigenvalue weighted by Gasteiger charge is 2.27. The molecule has 0 aliphatic carbocycles. The zero-order valence-corrected chi connectivity index (χ0v) is 14.8. The van der Waals surface area contributed by atoms with Gasteiger partial charge >= 0.3 is 0 Å². The second kappa shape index (κ2) is 5.43. The summed E-state index contributed by atoms with van der Waals surface area (Å²) in [7, 11) is 4.20. The lowest BCUT2D eigenvalue weighted by atomic mass is 10.2. The maximum atomic E-state index is 5.51. The first kappa shape index (κ1) is 14.7. The van der Waals surface area contributed by atoms with Gasteiger partial charge in [-0.15, -0.1) is 0 Å². The number of fused-ring (bicyclic) bond motifs is 3. The molecular weight excluding hydrogens is 332 g/mol. The quantitative estimate of drug-likeness (QED) is 0.622. The van der Waals surface area contributed by atoms with E-state index in [9.17, 15) is 0 Å². The third-order valence-electron chi connectivity index (χ3n) is 4.75. The predicted octanol–water partition coefficient (Wildman–Crippen LogP) is 3.93. The zero-order valence-electron chi connectivity index (χ0n) is 14.0. The van der Waals surface area contributed by atoms with Gasteiger partial charge < -0.3 is 14.4 Å². The molecule has 4 nitrogen and oxygen atoms in total. The lowest BCUT2D eigenvalue weighted by molar-refractivity contribution is -0.646. The SMILES string of the molecule is CN1/C(=C\c2ccc3ccccc3[n+]2C)Sc2cc3c(cc21)OCO3. The molecule has 25 heavy (non-hydrogen) atoms. The van der Waals surface area contributed by atoms with E-state index in [0.29, 0.717) is 6.79 Å². The highest BCUT2D eigenvalue weighted by atomic mass is 32.2. The number of rotatable bonds is 1. The Hall–Kier alpha value is -2.66. The second-order valence-electron chi connectivity index (χ2n) is 6.19. The molecule has 0 saturated heterocycles. The molecule has 3 heterocycles. The van der Waals surface area contributed by atoms with Gasteiger partial charge in [0.2, 0.25) is 18.0 Å². The number of hydrogen-bond donors (Lipinski definition) is 0. The molecule has 5 rings (SSSR count). The monoisotopic (exact) mass is 349 g/mol. The van der Waals surface area contributed by atoms with Crippen molar-refractivity contribution in [3.8, 4) is 11.5 Å². The summed E-state index contributed by atoms with van der Waals surface area (Å²) < 4.78 is 13.2. The van der Waals surface area contributed by atoms with Gasteiger partial charge in [-0.25, -0.2) is 0 Å². The first-order valence-electron chi connectivity index (χ1n) is 8.15. The van der Waals surface area contributed by atoms with Gasteiger partial charge in [0, 0.05) is 47.7 Å². The zero-order chi connectivity index (χ0) is 17.0. The topological polar surface area (TPSA) is 25.6 Å². The van der Waals surface area contributed by atoms with E-state index < -0.39 is 0 Å². The Morgan fingerprint density at radius 2 is 1.88 bits per heavy atom. The lowest BCUT2D eigenvalue weighted by Gasteiger charge is -2.13. The van der Waals surface area contributed by atoms with Gasteiger partial charge in [-0.05, 0) is 12.1 Å². The molecule has 0 spiro atoms. The van der Waals surface area contributed by atoms with Crippen molar-refractivity contribution in [3.05, 3.63) is 59.3 Å². The highest BCUT2D eigenvalue weighted by molar-refractivity contribution is 8.03. The van der Waals surface area contributed by atoms with Crippen LogP contribution >= 0.6 is 11.8 Å². The third kappa shape index (κ3) is 2.27. The van der Waals surface area contributed by atoms with E-state index in [2.05, 4.69) is 78.2 Å². The van der Waals surface area contributed by atoms with E-state index in [4.69, 9.17) is 9.47 Å². The number of aryl methyl sites for hydroxylation is 1. The molecule has 0 fully saturated rings. The molecule has 0 atom stereocenters. The number of ether oxygens (including phenoxy) is 2. The Morgan fingerprint density at radius 1 is 1.08 bits per heavy atom. The Balaban J connectivity index is 1.57. The summed E-state index contributed by atoms with van der Waals surface area (Å²) in [5.74, 6) is 1.65. The fraction of sp³-hybridized carbons (Fsp3) is 0.150. The molecule has 1 aromatic heterocycles. The molecule has 0 amide bonds. The molecule has 2 aliphatic heterocycles. The van der Waals surface area contributed by atoms with Crippen molar-refractivity contribution in [2.75, 3.05) is 18.7 Å². The van der Waals surface area contributed by atoms with Crippen LogP contribution in [0.3, 0.4) is 0 Å². The number of aromatic nitrogens is 1. The van der Waals surface area contributed by atoms with Crippen LogP contribution in [0.5, 0.6) is 11.5 Å². The molecule has 2 aromatic carbocycles. The summed E-state index contributed by atoms with van der Waals surface area (Å²) in [5.41, 5.74) is 3.55. The number of para-hydroxylation sites is 1. The van der Waals surface area contributed by atoms with Gasteiger partial charge in [0.05, 0.1) is 10.7 Å². The number of benzene rings is 2. The molecule has 0 radical (unpaired) electrons. The minimum atomic E-state index is 0.308. The first-order chi connectivity index (χ1) is 12.2. The van der Waals surface area contributed by atoms with Crippen LogP contribution in [0.1, 0.15) is 5.69 Å². The standard InChI is InChI=1S/C20H17N2O2S/c1-21-14(8-7-13-5-3-4-6-15(13)21)9-20-22(2)16-10-17-18(24-12-23-17)11-19(16)25-20/h3-11H,12H2,1-2H3/q+1. The Kier molecular flexibility index (Phi) is 3.18. The van der Waals surface area contributed by atoms with Crippen molar-refractivity contribution in [3.63, 3.8) is 0 Å². The smallest absolute Gasteiger partial charge is 0.231 e. The van der Waals surface area contributed by atoms with Crippen LogP contribution in [0.2, 0.25) is 0 Å². The van der Waals surface area contributed by atoms with Crippen molar-refractivity contribution < 1.29 is 14.0 Å². The van der Waals surface area contributed by atoms with Gasteiger partial charge in [0.15, 0.2) is 11.5 Å². The second-order valence-corrected chi connectivity index (χ2v) is 7.26. The van der Waals surface area contributed by atoms with Crippen LogP contribution in [0.15, 0.2) is 58.5 Å². The van der Waals surface area contributed by atoms with Crippen LogP contribution in [-0.2, 0) is 7.05 Å². The van der Waals surface area contributed by atoms with E-state index in [1.165, 1.54) is 26.5 Å². The van der Waals surface area contributed by atoms with Crippen LogP contribution < -0.4 is 18.9 Å². The molecule has 2 aliphatic rings. The van der Waals surface area contributed by atoms with Crippen LogP contribution in [0, 0.1) is 0 Å². The van der Waals surface area contributed by atoms with Crippen LogP contribution in [0.4, 0.5) is 5.69 Å². The molecule has 0 bridgehead atoms. The molecule has 124 valence electrons. The Morgan fingerprint density at radius 3 is 2.76 bits per heavy atom. The number of thioether (sulfide) groups is 1. The summed E-state index contributed by atoms with van der Waals surface area (Å²) in [5, 5.41) is 2.43. The highest BCUT2D eigenvalue weighted by Crippen LogP contribution is 2.50. The van der Waals surface area contributed by atoms with Gasteiger partial charge in [0.25, 0.3) is 0 Å². The number of hydrogen-bond acceptors (Lipinski definition) is 4. The van der Waals surface area contributed by atoms with Gasteiger partial charge in [-0.2, -0.15) is 4.57 Å². The van der Waals surface area contributed by atoms with Crippen LogP contribution in [-0.4, -0.2) is 13.8 Å². The van der Waals surface area contributed by atoms with Gasteiger partial charge in [0.1, 0.15) is 7.05 Å². The minimum absolute atomic E-state index is 0.308. The van der Waals surface area contributed by atoms with E-state index in [1.807, 2.05) is 0 Å². The van der Waals surface area contributed by atoms with Crippen molar-refractivity contribution >= 4 is 34.4 Å². The normalized spacial score (nSPS) is 16.7. The average Bonchev–Trinajstić information content (AvgIpc) is 3.20. The summed E-state index contributed by atoms with van der Waals surface area (Å²) in [6.07, 6.45) is 2.23. The van der Waals surface area contributed by atoms with Crippen molar-refractivity contribution in [2.24, 2.45) is 7.05 Å². The Bertz CT molecular complexity index is 1050. The molecule has 5 heteroatoms. The predicted molar refractivity (Wildman–Crippen MR) is 99.9 cm³/mol. The molecular formula is C20H17N2O2S+. The van der Waals surface area contributed by atoms with Crippen LogP contribution in [0.25, 0.3) is 17.0 Å². The summed E-state index contributed by atoms with van der Waals surface area (Å²) in [6, 6.07) is 16.9. The first-order valence-corrected chi connectivity index (χ1v) is 8.97. The van der Waals surface area contributed by atoms with E-state index in [1.54, 1.807) is 11.8 Å². The van der Waals surface area contributed by atoms with Crippen molar-refractivity contribution in [1.29, 1.82) is 0 Å². The maximum absolute atomic E-state index is 5.51. The fourth-order valence-corrected chi connectivity index (χ4v) is 4.42. The third-order valence-corrected chi connectivity index (χ3v) is 5.90. The summed E-state index contributed by atoms with van der Waals surface area (Å²) >= 11 is 1.76. The lowest BCUT2D eigenvalue weighted by Crippen LogP contribution is -2.32. The van der Waals surface area contributed by atoms with E-state index in [-0.39, 0.29) is 0 Å². The van der Waals surface area contributed by atoms with Gasteiger partial charge in [-0.1, -0.05) is 23.9 Å². The largest absolute Gasteiger partial charge is 0.454 e. The minimum Gasteiger partial charge on any atom is -0.454 e. The van der Waals surface area contributed by atoms with Crippen molar-refractivity contribution in [1.82, 2.24) is 0 Å².